The van der Waals surface area contributed by atoms with E-state index in [0.717, 1.165) is 10.6 Å². The Labute approximate surface area is 242 Å². The number of aliphatic carboxylic acids is 1. The normalized spacial score (nSPS) is 19.5. The smallest absolute Gasteiger partial charge is 0.305 e. The number of amides is 4. The van der Waals surface area contributed by atoms with Gasteiger partial charge in [-0.2, -0.15) is 0 Å². The molecule has 0 bridgehead atoms. The number of carboxylic acid groups (broad SMARTS) is 1. The van der Waals surface area contributed by atoms with Gasteiger partial charge in [0.2, 0.25) is 11.8 Å². The Balaban J connectivity index is 1.46. The maximum absolute atomic E-state index is 13.7. The molecule has 3 atom stereocenters. The quantitative estimate of drug-likeness (QED) is 0.225. The Hall–Kier alpha value is -4.78. The van der Waals surface area contributed by atoms with Crippen LogP contribution in [0, 0.1) is 0 Å². The van der Waals surface area contributed by atoms with Crippen molar-refractivity contribution in [3.05, 3.63) is 71.3 Å². The van der Waals surface area contributed by atoms with Gasteiger partial charge in [-0.05, 0) is 42.5 Å². The molecule has 2 aliphatic heterocycles. The van der Waals surface area contributed by atoms with Crippen molar-refractivity contribution in [2.45, 2.75) is 63.4 Å². The monoisotopic (exact) mass is 579 g/mol. The number of aliphatic hydroxyl groups excluding tert-OH is 1. The zero-order chi connectivity index (χ0) is 30.1. The Bertz CT molecular complexity index is 1320. The summed E-state index contributed by atoms with van der Waals surface area (Å²) < 4.78 is 0. The lowest BCUT2D eigenvalue weighted by Gasteiger charge is -2.43. The van der Waals surface area contributed by atoms with Gasteiger partial charge in [-0.15, -0.1) is 0 Å². The summed E-state index contributed by atoms with van der Waals surface area (Å²) in [4.78, 5) is 69.7. The number of hydrogen-bond acceptors (Lipinski definition) is 8. The summed E-state index contributed by atoms with van der Waals surface area (Å²) in [5, 5.41) is 30.0. The fourth-order valence-corrected chi connectivity index (χ4v) is 4.82. The molecule has 0 radical (unpaired) electrons. The molecule has 0 unspecified atom stereocenters. The standard InChI is InChI=1S/C29H33N5O8/c35-17-19-8-10-21(11-9-19)27(39)32-23-12-13-25(36)33-14-4-7-24(34(33)29(23)41)28(40)31-22(15-26(37)38)16-30-42-18-20-5-2-1-3-6-20/h1-3,5-6,8-11,16,22-24,35H,4,7,12-15,17-18H2,(H,31,40)(H,32,39)(H,37,38)/t22-,23-,24-/m0/s1. The molecule has 0 aromatic heterocycles. The SMILES string of the molecule is O=C(O)C[C@@H](C=NOCc1ccccc1)NC(=O)[C@@H]1CCCN2C(=O)CC[C@H](NC(=O)c3ccc(CO)cc3)C(=O)N12. The highest BCUT2D eigenvalue weighted by Crippen LogP contribution is 2.25. The summed E-state index contributed by atoms with van der Waals surface area (Å²) in [5.74, 6) is -3.35. The van der Waals surface area contributed by atoms with Crippen LogP contribution in [0.1, 0.15) is 53.6 Å². The van der Waals surface area contributed by atoms with Gasteiger partial charge in [0.05, 0.1) is 25.3 Å². The fraction of sp³-hybridized carbons (Fsp3) is 0.379. The van der Waals surface area contributed by atoms with Crippen LogP contribution in [0.3, 0.4) is 0 Å². The highest BCUT2D eigenvalue weighted by Gasteiger charge is 2.44. The predicted molar refractivity (Wildman–Crippen MR) is 148 cm³/mol. The molecule has 0 aliphatic carbocycles. The van der Waals surface area contributed by atoms with Gasteiger partial charge in [-0.1, -0.05) is 47.6 Å². The molecule has 4 N–H and O–H groups in total. The van der Waals surface area contributed by atoms with E-state index >= 15 is 0 Å². The van der Waals surface area contributed by atoms with E-state index < -0.39 is 48.2 Å². The number of hydrogen-bond donors (Lipinski definition) is 4. The lowest BCUT2D eigenvalue weighted by molar-refractivity contribution is -0.176. The highest BCUT2D eigenvalue weighted by atomic mass is 16.6. The Kier molecular flexibility index (Phi) is 10.2. The van der Waals surface area contributed by atoms with E-state index in [2.05, 4.69) is 15.8 Å². The second kappa shape index (κ2) is 14.2. The fourth-order valence-electron chi connectivity index (χ4n) is 4.82. The van der Waals surface area contributed by atoms with Crippen molar-refractivity contribution in [3.63, 3.8) is 0 Å². The van der Waals surface area contributed by atoms with E-state index in [1.807, 2.05) is 30.3 Å². The molecule has 0 spiro atoms. The van der Waals surface area contributed by atoms with Crippen LogP contribution in [0.5, 0.6) is 0 Å². The topological polar surface area (TPSA) is 178 Å². The van der Waals surface area contributed by atoms with E-state index in [0.29, 0.717) is 12.0 Å². The zero-order valence-corrected chi connectivity index (χ0v) is 22.8. The molecular formula is C29H33N5O8. The van der Waals surface area contributed by atoms with Crippen LogP contribution in [0.2, 0.25) is 0 Å². The molecule has 2 aliphatic rings. The van der Waals surface area contributed by atoms with Gasteiger partial charge in [0.15, 0.2) is 0 Å². The van der Waals surface area contributed by atoms with E-state index in [9.17, 15) is 34.2 Å². The van der Waals surface area contributed by atoms with Gasteiger partial charge in [-0.25, -0.2) is 5.01 Å². The van der Waals surface area contributed by atoms with Crippen LogP contribution in [-0.2, 0) is 37.2 Å². The van der Waals surface area contributed by atoms with Crippen molar-refractivity contribution >= 4 is 35.8 Å². The summed E-state index contributed by atoms with van der Waals surface area (Å²) in [6.45, 7) is 0.190. The molecule has 4 rings (SSSR count). The molecule has 2 heterocycles. The number of nitrogens with one attached hydrogen (secondary N) is 2. The minimum absolute atomic E-state index is 0.0158. The molecular weight excluding hydrogens is 546 g/mol. The molecule has 0 saturated carbocycles. The molecule has 13 nitrogen and oxygen atoms in total. The second-order valence-corrected chi connectivity index (χ2v) is 10.0. The van der Waals surface area contributed by atoms with Gasteiger partial charge in [0.25, 0.3) is 11.8 Å². The zero-order valence-electron chi connectivity index (χ0n) is 22.8. The number of oxime groups is 1. The minimum atomic E-state index is -1.18. The lowest BCUT2D eigenvalue weighted by atomic mass is 10.0. The largest absolute Gasteiger partial charge is 0.481 e. The summed E-state index contributed by atoms with van der Waals surface area (Å²) in [5.41, 5.74) is 1.74. The first kappa shape index (κ1) is 30.2. The molecule has 13 heteroatoms. The number of benzene rings is 2. The van der Waals surface area contributed by atoms with Gasteiger partial charge in [0.1, 0.15) is 18.7 Å². The van der Waals surface area contributed by atoms with Crippen molar-refractivity contribution in [2.75, 3.05) is 6.54 Å². The summed E-state index contributed by atoms with van der Waals surface area (Å²) in [6, 6.07) is 12.2. The van der Waals surface area contributed by atoms with Crippen molar-refractivity contribution in [3.8, 4) is 0 Å². The average molecular weight is 580 g/mol. The number of carbonyl (C=O) groups excluding carboxylic acids is 4. The number of carboxylic acids is 1. The van der Waals surface area contributed by atoms with E-state index in [-0.39, 0.29) is 50.5 Å². The molecule has 222 valence electrons. The first-order valence-electron chi connectivity index (χ1n) is 13.6. The number of carbonyl (C=O) groups is 5. The third-order valence-corrected chi connectivity index (χ3v) is 6.98. The highest BCUT2D eigenvalue weighted by molar-refractivity contribution is 6.00. The molecule has 2 fully saturated rings. The van der Waals surface area contributed by atoms with Crippen LogP contribution in [-0.4, -0.2) is 80.7 Å². The van der Waals surface area contributed by atoms with Crippen LogP contribution in [0.15, 0.2) is 59.8 Å². The minimum Gasteiger partial charge on any atom is -0.481 e. The third kappa shape index (κ3) is 7.69. The van der Waals surface area contributed by atoms with Gasteiger partial charge in [0, 0.05) is 18.5 Å². The van der Waals surface area contributed by atoms with Crippen LogP contribution in [0.4, 0.5) is 0 Å². The van der Waals surface area contributed by atoms with E-state index in [4.69, 9.17) is 4.84 Å². The maximum Gasteiger partial charge on any atom is 0.305 e. The predicted octanol–water partition coefficient (Wildman–Crippen LogP) is 0.968. The summed E-state index contributed by atoms with van der Waals surface area (Å²) in [7, 11) is 0. The number of rotatable bonds is 11. The van der Waals surface area contributed by atoms with Crippen LogP contribution >= 0.6 is 0 Å². The van der Waals surface area contributed by atoms with Gasteiger partial charge in [-0.3, -0.25) is 29.0 Å². The number of nitrogens with zero attached hydrogens (tertiary/aromatic N) is 3. The second-order valence-electron chi connectivity index (χ2n) is 10.0. The number of fused-ring (bicyclic) bond motifs is 1. The molecule has 2 aromatic carbocycles. The third-order valence-electron chi connectivity index (χ3n) is 6.98. The summed E-state index contributed by atoms with van der Waals surface area (Å²) in [6.07, 6.45) is 1.40. The van der Waals surface area contributed by atoms with Crippen molar-refractivity contribution in [2.24, 2.45) is 5.16 Å². The summed E-state index contributed by atoms with van der Waals surface area (Å²) >= 11 is 0. The van der Waals surface area contributed by atoms with E-state index in [1.54, 1.807) is 12.1 Å². The van der Waals surface area contributed by atoms with Crippen LogP contribution < -0.4 is 10.6 Å². The first-order chi connectivity index (χ1) is 20.3. The average Bonchev–Trinajstić information content (AvgIpc) is 3.11. The number of aliphatic hydroxyl groups is 1. The first-order valence-corrected chi connectivity index (χ1v) is 13.6. The number of hydrazine groups is 1. The van der Waals surface area contributed by atoms with Crippen molar-refractivity contribution < 1.29 is 39.0 Å². The van der Waals surface area contributed by atoms with Gasteiger partial charge >= 0.3 is 5.97 Å². The molecule has 2 saturated heterocycles. The van der Waals surface area contributed by atoms with Crippen LogP contribution in [0.25, 0.3) is 0 Å². The Morgan fingerprint density at radius 3 is 2.48 bits per heavy atom. The molecule has 42 heavy (non-hydrogen) atoms. The maximum atomic E-state index is 13.7. The van der Waals surface area contributed by atoms with E-state index in [1.165, 1.54) is 23.4 Å². The molecule has 2 aromatic rings. The Morgan fingerprint density at radius 2 is 1.79 bits per heavy atom. The Morgan fingerprint density at radius 1 is 1.05 bits per heavy atom. The van der Waals surface area contributed by atoms with Crippen molar-refractivity contribution in [1.29, 1.82) is 0 Å². The van der Waals surface area contributed by atoms with Gasteiger partial charge < -0.3 is 25.7 Å². The lowest BCUT2D eigenvalue weighted by Crippen LogP contribution is -2.64. The van der Waals surface area contributed by atoms with Crippen molar-refractivity contribution in [1.82, 2.24) is 20.7 Å². The molecule has 4 amide bonds.